The summed E-state index contributed by atoms with van der Waals surface area (Å²) in [6.07, 6.45) is 1.15. The van der Waals surface area contributed by atoms with Crippen molar-refractivity contribution in [3.05, 3.63) is 79.8 Å². The fourth-order valence-electron chi connectivity index (χ4n) is 3.53. The maximum Gasteiger partial charge on any atom is 0.341 e. The Morgan fingerprint density at radius 3 is 2.06 bits per heavy atom. The lowest BCUT2D eigenvalue weighted by molar-refractivity contribution is 0.0555. The van der Waals surface area contributed by atoms with Gasteiger partial charge in [0.1, 0.15) is 17.1 Å². The third kappa shape index (κ3) is 3.73. The van der Waals surface area contributed by atoms with Crippen LogP contribution >= 0.6 is 0 Å². The highest BCUT2D eigenvalue weighted by atomic mass is 16.5. The summed E-state index contributed by atoms with van der Waals surface area (Å²) >= 11 is 0. The number of ketones is 1. The van der Waals surface area contributed by atoms with Crippen LogP contribution in [0.25, 0.3) is 5.69 Å². The summed E-state index contributed by atoms with van der Waals surface area (Å²) in [6, 6.07) is 8.01. The molecule has 2 aromatic heterocycles. The van der Waals surface area contributed by atoms with Crippen LogP contribution in [0.3, 0.4) is 0 Å². The molecule has 1 N–H and O–H groups in total. The Kier molecular flexibility index (Phi) is 6.33. The number of anilines is 1. The zero-order valence-electron chi connectivity index (χ0n) is 18.7. The molecule has 0 saturated heterocycles. The predicted molar refractivity (Wildman–Crippen MR) is 118 cm³/mol. The first kappa shape index (κ1) is 23.3. The van der Waals surface area contributed by atoms with Crippen LogP contribution in [0.15, 0.2) is 46.1 Å². The third-order valence-electron chi connectivity index (χ3n) is 5.17. The number of carbonyl (C=O) groups is 3. The lowest BCUT2D eigenvalue weighted by atomic mass is 10.0. The summed E-state index contributed by atoms with van der Waals surface area (Å²) in [5.41, 5.74) is -2.25. The van der Waals surface area contributed by atoms with Gasteiger partial charge in [0, 0.05) is 32.9 Å². The topological polar surface area (TPSA) is 131 Å². The van der Waals surface area contributed by atoms with Crippen LogP contribution in [0.5, 0.6) is 0 Å². The Morgan fingerprint density at radius 2 is 1.52 bits per heavy atom. The molecule has 1 aromatic carbocycles. The minimum absolute atomic E-state index is 0.0630. The summed E-state index contributed by atoms with van der Waals surface area (Å²) in [6.45, 7) is 0. The number of methoxy groups -OCH3 is 2. The summed E-state index contributed by atoms with van der Waals surface area (Å²) < 4.78 is 12.8. The Bertz CT molecular complexity index is 1380. The highest BCUT2D eigenvalue weighted by Crippen LogP contribution is 2.27. The number of nitrogens with one attached hydrogen (secondary N) is 1. The quantitative estimate of drug-likeness (QED) is 0.426. The van der Waals surface area contributed by atoms with Crippen LogP contribution in [-0.4, -0.2) is 52.7 Å². The van der Waals surface area contributed by atoms with Crippen molar-refractivity contribution in [2.24, 2.45) is 14.1 Å². The van der Waals surface area contributed by atoms with Gasteiger partial charge in [-0.15, -0.1) is 0 Å². The second-order valence-electron chi connectivity index (χ2n) is 6.97. The standard InChI is InChI=1S/C22H22N4O7/c1-23-18-16(19(28)25(3)22(31)24(18)2)26-11-13(20(29)32-4)14(21(30)33-5)15(26)17(27)12-9-7-6-8-10-12/h6-11,23H,1-5H3. The molecule has 0 amide bonds. The Morgan fingerprint density at radius 1 is 0.909 bits per heavy atom. The van der Waals surface area contributed by atoms with Crippen molar-refractivity contribution in [1.82, 2.24) is 13.7 Å². The largest absolute Gasteiger partial charge is 0.465 e. The minimum atomic E-state index is -0.971. The molecule has 0 fully saturated rings. The number of carbonyl (C=O) groups excluding carboxylic acids is 3. The van der Waals surface area contributed by atoms with Crippen molar-refractivity contribution in [2.45, 2.75) is 0 Å². The Labute approximate surface area is 187 Å². The molecule has 0 spiro atoms. The molecule has 0 aliphatic carbocycles. The number of esters is 2. The van der Waals surface area contributed by atoms with Crippen LogP contribution in [0.2, 0.25) is 0 Å². The number of hydrogen-bond acceptors (Lipinski definition) is 8. The molecule has 0 radical (unpaired) electrons. The van der Waals surface area contributed by atoms with E-state index in [0.29, 0.717) is 0 Å². The first-order chi connectivity index (χ1) is 15.7. The van der Waals surface area contributed by atoms with Crippen LogP contribution < -0.4 is 16.6 Å². The van der Waals surface area contributed by atoms with E-state index in [1.807, 2.05) is 0 Å². The van der Waals surface area contributed by atoms with E-state index in [1.54, 1.807) is 18.2 Å². The van der Waals surface area contributed by atoms with E-state index < -0.39 is 29.0 Å². The number of nitrogens with zero attached hydrogens (tertiary/aromatic N) is 3. The second kappa shape index (κ2) is 8.99. The molecule has 0 saturated carbocycles. The van der Waals surface area contributed by atoms with Crippen molar-refractivity contribution in [1.29, 1.82) is 0 Å². The van der Waals surface area contributed by atoms with Crippen molar-refractivity contribution in [3.63, 3.8) is 0 Å². The van der Waals surface area contributed by atoms with E-state index in [4.69, 9.17) is 9.47 Å². The summed E-state index contributed by atoms with van der Waals surface area (Å²) in [5.74, 6) is -2.47. The van der Waals surface area contributed by atoms with Gasteiger partial charge in [0.2, 0.25) is 5.78 Å². The van der Waals surface area contributed by atoms with E-state index in [1.165, 1.54) is 37.8 Å². The van der Waals surface area contributed by atoms with Gasteiger partial charge in [-0.2, -0.15) is 0 Å². The Balaban J connectivity index is 2.56. The van der Waals surface area contributed by atoms with E-state index >= 15 is 0 Å². The SMILES string of the molecule is CNc1c(-n2cc(C(=O)OC)c(C(=O)OC)c2C(=O)c2ccccc2)c(=O)n(C)c(=O)n1C. The van der Waals surface area contributed by atoms with Crippen molar-refractivity contribution >= 4 is 23.5 Å². The van der Waals surface area contributed by atoms with Crippen molar-refractivity contribution in [3.8, 4) is 5.69 Å². The zero-order valence-corrected chi connectivity index (χ0v) is 18.7. The number of aromatic nitrogens is 3. The highest BCUT2D eigenvalue weighted by molar-refractivity contribution is 6.17. The van der Waals surface area contributed by atoms with Crippen molar-refractivity contribution in [2.75, 3.05) is 26.6 Å². The molecule has 11 nitrogen and oxygen atoms in total. The molecule has 0 bridgehead atoms. The van der Waals surface area contributed by atoms with Gasteiger partial charge in [0.05, 0.1) is 19.8 Å². The lowest BCUT2D eigenvalue weighted by Crippen LogP contribution is -2.40. The van der Waals surface area contributed by atoms with E-state index in [-0.39, 0.29) is 33.9 Å². The van der Waals surface area contributed by atoms with Gasteiger partial charge in [-0.1, -0.05) is 30.3 Å². The lowest BCUT2D eigenvalue weighted by Gasteiger charge is -2.17. The average molecular weight is 454 g/mol. The van der Waals surface area contributed by atoms with Gasteiger partial charge in [-0.25, -0.2) is 14.4 Å². The number of benzene rings is 1. The molecular formula is C22H22N4O7. The number of ether oxygens (including phenoxy) is 2. The van der Waals surface area contributed by atoms with Crippen LogP contribution in [0, 0.1) is 0 Å². The molecule has 3 aromatic rings. The maximum atomic E-state index is 13.6. The molecule has 0 aliphatic rings. The smallest absolute Gasteiger partial charge is 0.341 e. The molecule has 3 rings (SSSR count). The van der Waals surface area contributed by atoms with Crippen molar-refractivity contribution < 1.29 is 23.9 Å². The predicted octanol–water partition coefficient (Wildman–Crippen LogP) is 0.721. The fraction of sp³-hybridized carbons (Fsp3) is 0.227. The van der Waals surface area contributed by atoms with Crippen LogP contribution in [-0.2, 0) is 23.6 Å². The molecule has 33 heavy (non-hydrogen) atoms. The third-order valence-corrected chi connectivity index (χ3v) is 5.17. The van der Waals surface area contributed by atoms with E-state index in [9.17, 15) is 24.0 Å². The first-order valence-electron chi connectivity index (χ1n) is 9.69. The van der Waals surface area contributed by atoms with Gasteiger partial charge in [-0.3, -0.25) is 18.7 Å². The second-order valence-corrected chi connectivity index (χ2v) is 6.97. The molecule has 0 aliphatic heterocycles. The normalized spacial score (nSPS) is 10.6. The average Bonchev–Trinajstić information content (AvgIpc) is 3.23. The molecule has 172 valence electrons. The van der Waals surface area contributed by atoms with E-state index in [0.717, 1.165) is 29.6 Å². The van der Waals surface area contributed by atoms with Gasteiger partial charge >= 0.3 is 17.6 Å². The van der Waals surface area contributed by atoms with Gasteiger partial charge in [0.25, 0.3) is 5.56 Å². The van der Waals surface area contributed by atoms with Crippen LogP contribution in [0.4, 0.5) is 5.82 Å². The minimum Gasteiger partial charge on any atom is -0.465 e. The first-order valence-corrected chi connectivity index (χ1v) is 9.69. The van der Waals surface area contributed by atoms with Crippen LogP contribution in [0.1, 0.15) is 36.8 Å². The molecular weight excluding hydrogens is 432 g/mol. The molecule has 0 unspecified atom stereocenters. The van der Waals surface area contributed by atoms with Gasteiger partial charge in [-0.05, 0) is 0 Å². The molecule has 2 heterocycles. The molecule has 11 heteroatoms. The summed E-state index contributed by atoms with van der Waals surface area (Å²) in [5, 5.41) is 2.78. The Hall–Kier alpha value is -4.41. The fourth-order valence-corrected chi connectivity index (χ4v) is 3.53. The molecule has 0 atom stereocenters. The van der Waals surface area contributed by atoms with E-state index in [2.05, 4.69) is 5.32 Å². The number of hydrogen-bond donors (Lipinski definition) is 1. The zero-order chi connectivity index (χ0) is 24.4. The number of rotatable bonds is 6. The maximum absolute atomic E-state index is 13.6. The highest BCUT2D eigenvalue weighted by Gasteiger charge is 2.34. The van der Waals surface area contributed by atoms with Gasteiger partial charge < -0.3 is 19.4 Å². The summed E-state index contributed by atoms with van der Waals surface area (Å²) in [4.78, 5) is 64.5. The monoisotopic (exact) mass is 454 g/mol. The van der Waals surface area contributed by atoms with Gasteiger partial charge in [0.15, 0.2) is 5.69 Å². The summed E-state index contributed by atoms with van der Waals surface area (Å²) in [7, 11) is 6.41.